The van der Waals surface area contributed by atoms with Gasteiger partial charge in [0.1, 0.15) is 5.41 Å². The molecule has 2 rings (SSSR count). The first-order chi connectivity index (χ1) is 8.51. The van der Waals surface area contributed by atoms with Gasteiger partial charge in [-0.15, -0.1) is 0 Å². The summed E-state index contributed by atoms with van der Waals surface area (Å²) < 4.78 is 0. The number of carboxylic acid groups (broad SMARTS) is 1. The number of hydrogen-bond donors (Lipinski definition) is 2. The number of amides is 2. The molecule has 2 amide bonds. The number of carbonyl (C=O) groups is 3. The van der Waals surface area contributed by atoms with Gasteiger partial charge in [0, 0.05) is 20.1 Å². The second-order valence-electron chi connectivity index (χ2n) is 5.09. The van der Waals surface area contributed by atoms with Crippen LogP contribution in [0.2, 0.25) is 0 Å². The molecule has 100 valence electrons. The molecule has 0 radical (unpaired) electrons. The average Bonchev–Trinajstić information content (AvgIpc) is 3.18. The molecule has 1 atom stereocenters. The van der Waals surface area contributed by atoms with Crippen molar-refractivity contribution in [1.29, 1.82) is 0 Å². The van der Waals surface area contributed by atoms with E-state index in [1.54, 1.807) is 4.90 Å². The molecule has 2 fully saturated rings. The van der Waals surface area contributed by atoms with Gasteiger partial charge in [-0.1, -0.05) is 0 Å². The van der Waals surface area contributed by atoms with E-state index in [0.29, 0.717) is 32.2 Å². The fourth-order valence-electron chi connectivity index (χ4n) is 2.57. The van der Waals surface area contributed by atoms with Crippen LogP contribution in [0.25, 0.3) is 0 Å². The number of hydrogen-bond acceptors (Lipinski definition) is 3. The molecule has 6 nitrogen and oxygen atoms in total. The summed E-state index contributed by atoms with van der Waals surface area (Å²) >= 11 is 0. The summed E-state index contributed by atoms with van der Waals surface area (Å²) in [5, 5.41) is 11.5. The molecule has 0 bridgehead atoms. The van der Waals surface area contributed by atoms with Crippen LogP contribution in [0, 0.1) is 11.3 Å². The van der Waals surface area contributed by atoms with E-state index in [-0.39, 0.29) is 18.4 Å². The Bertz CT molecular complexity index is 390. The first-order valence-electron chi connectivity index (χ1n) is 6.25. The first-order valence-corrected chi connectivity index (χ1v) is 6.25. The van der Waals surface area contributed by atoms with E-state index in [2.05, 4.69) is 5.32 Å². The predicted molar refractivity (Wildman–Crippen MR) is 62.7 cm³/mol. The van der Waals surface area contributed by atoms with Crippen LogP contribution in [0.1, 0.15) is 25.7 Å². The average molecular weight is 254 g/mol. The van der Waals surface area contributed by atoms with Crippen molar-refractivity contribution < 1.29 is 19.5 Å². The Morgan fingerprint density at radius 2 is 2.00 bits per heavy atom. The second kappa shape index (κ2) is 4.59. The van der Waals surface area contributed by atoms with E-state index >= 15 is 0 Å². The van der Waals surface area contributed by atoms with E-state index in [9.17, 15) is 14.4 Å². The van der Waals surface area contributed by atoms with Crippen LogP contribution in [-0.4, -0.2) is 47.9 Å². The quantitative estimate of drug-likeness (QED) is 0.685. The van der Waals surface area contributed by atoms with Gasteiger partial charge in [-0.25, -0.2) is 0 Å². The Hall–Kier alpha value is -1.59. The zero-order chi connectivity index (χ0) is 13.3. The van der Waals surface area contributed by atoms with Crippen molar-refractivity contribution in [2.75, 3.05) is 20.1 Å². The fourth-order valence-corrected chi connectivity index (χ4v) is 2.57. The summed E-state index contributed by atoms with van der Waals surface area (Å²) in [6.07, 6.45) is 2.43. The minimum atomic E-state index is -0.908. The molecule has 1 saturated carbocycles. The number of rotatable bonds is 3. The fraction of sp³-hybridized carbons (Fsp3) is 0.750. The van der Waals surface area contributed by atoms with Gasteiger partial charge in [0.15, 0.2) is 0 Å². The highest BCUT2D eigenvalue weighted by Gasteiger charge is 2.58. The minimum Gasteiger partial charge on any atom is -0.481 e. The summed E-state index contributed by atoms with van der Waals surface area (Å²) in [6.45, 7) is 0.786. The molecule has 0 aromatic carbocycles. The summed E-state index contributed by atoms with van der Waals surface area (Å²) in [4.78, 5) is 36.6. The minimum absolute atomic E-state index is 0.201. The van der Waals surface area contributed by atoms with Crippen LogP contribution in [-0.2, 0) is 14.4 Å². The van der Waals surface area contributed by atoms with Gasteiger partial charge in [0.05, 0.1) is 5.92 Å². The van der Waals surface area contributed by atoms with Gasteiger partial charge in [-0.05, 0) is 25.7 Å². The van der Waals surface area contributed by atoms with Crippen molar-refractivity contribution in [3.8, 4) is 0 Å². The molecule has 6 heteroatoms. The summed E-state index contributed by atoms with van der Waals surface area (Å²) in [6, 6.07) is 0. The van der Waals surface area contributed by atoms with Crippen LogP contribution in [0.15, 0.2) is 0 Å². The van der Waals surface area contributed by atoms with Crippen LogP contribution < -0.4 is 5.32 Å². The van der Waals surface area contributed by atoms with Crippen LogP contribution in [0.5, 0.6) is 0 Å². The highest BCUT2D eigenvalue weighted by molar-refractivity contribution is 6.07. The van der Waals surface area contributed by atoms with E-state index in [1.165, 1.54) is 7.05 Å². The van der Waals surface area contributed by atoms with Crippen molar-refractivity contribution in [3.63, 3.8) is 0 Å². The molecular formula is C12H18N2O4. The zero-order valence-electron chi connectivity index (χ0n) is 10.4. The SMILES string of the molecule is CNC(=O)C1(C(=O)N2CCCC(C(=O)O)C2)CC1. The molecule has 1 heterocycles. The van der Waals surface area contributed by atoms with E-state index < -0.39 is 17.3 Å². The van der Waals surface area contributed by atoms with Gasteiger partial charge < -0.3 is 15.3 Å². The zero-order valence-corrected chi connectivity index (χ0v) is 10.4. The molecule has 0 aromatic heterocycles. The van der Waals surface area contributed by atoms with E-state index in [1.807, 2.05) is 0 Å². The molecule has 1 unspecified atom stereocenters. The van der Waals surface area contributed by atoms with Crippen molar-refractivity contribution >= 4 is 17.8 Å². The molecule has 2 aliphatic rings. The van der Waals surface area contributed by atoms with Gasteiger partial charge in [0.25, 0.3) is 0 Å². The number of aliphatic carboxylic acids is 1. The maximum Gasteiger partial charge on any atom is 0.308 e. The molecule has 18 heavy (non-hydrogen) atoms. The lowest BCUT2D eigenvalue weighted by Gasteiger charge is -2.33. The number of nitrogens with one attached hydrogen (secondary N) is 1. The van der Waals surface area contributed by atoms with Gasteiger partial charge >= 0.3 is 5.97 Å². The Morgan fingerprint density at radius 1 is 1.33 bits per heavy atom. The third-order valence-corrected chi connectivity index (χ3v) is 3.88. The summed E-state index contributed by atoms with van der Waals surface area (Å²) in [7, 11) is 1.52. The summed E-state index contributed by atoms with van der Waals surface area (Å²) in [5.41, 5.74) is -0.908. The van der Waals surface area contributed by atoms with Crippen LogP contribution in [0.4, 0.5) is 0 Å². The molecule has 1 aliphatic carbocycles. The standard InChI is InChI=1S/C12H18N2O4/c1-13-10(17)12(4-5-12)11(18)14-6-2-3-8(7-14)9(15)16/h8H,2-7H2,1H3,(H,13,17)(H,15,16). The summed E-state index contributed by atoms with van der Waals surface area (Å²) in [5.74, 6) is -1.81. The number of nitrogens with zero attached hydrogens (tertiary/aromatic N) is 1. The maximum atomic E-state index is 12.3. The van der Waals surface area contributed by atoms with Crippen molar-refractivity contribution in [2.24, 2.45) is 11.3 Å². The predicted octanol–water partition coefficient (Wildman–Crippen LogP) is -0.164. The molecule has 2 N–H and O–H groups in total. The van der Waals surface area contributed by atoms with E-state index in [4.69, 9.17) is 5.11 Å². The monoisotopic (exact) mass is 254 g/mol. The third-order valence-electron chi connectivity index (χ3n) is 3.88. The lowest BCUT2D eigenvalue weighted by Crippen LogP contribution is -2.49. The molecular weight excluding hydrogens is 236 g/mol. The lowest BCUT2D eigenvalue weighted by atomic mass is 9.95. The molecule has 1 aliphatic heterocycles. The van der Waals surface area contributed by atoms with Gasteiger partial charge in [-0.3, -0.25) is 14.4 Å². The molecule has 1 saturated heterocycles. The largest absolute Gasteiger partial charge is 0.481 e. The maximum absolute atomic E-state index is 12.3. The van der Waals surface area contributed by atoms with Crippen molar-refractivity contribution in [3.05, 3.63) is 0 Å². The number of carboxylic acids is 1. The normalized spacial score (nSPS) is 25.4. The van der Waals surface area contributed by atoms with Crippen molar-refractivity contribution in [2.45, 2.75) is 25.7 Å². The third kappa shape index (κ3) is 2.07. The number of carbonyl (C=O) groups excluding carboxylic acids is 2. The first kappa shape index (κ1) is 12.9. The highest BCUT2D eigenvalue weighted by atomic mass is 16.4. The van der Waals surface area contributed by atoms with Gasteiger partial charge in [-0.2, -0.15) is 0 Å². The number of piperidine rings is 1. The molecule has 0 spiro atoms. The Morgan fingerprint density at radius 3 is 2.50 bits per heavy atom. The Kier molecular flexibility index (Phi) is 3.28. The highest BCUT2D eigenvalue weighted by Crippen LogP contribution is 2.47. The number of likely N-dealkylation sites (tertiary alicyclic amines) is 1. The lowest BCUT2D eigenvalue weighted by molar-refractivity contribution is -0.149. The van der Waals surface area contributed by atoms with Gasteiger partial charge in [0.2, 0.25) is 11.8 Å². The Balaban J connectivity index is 2.05. The topological polar surface area (TPSA) is 86.7 Å². The van der Waals surface area contributed by atoms with Crippen LogP contribution >= 0.6 is 0 Å². The van der Waals surface area contributed by atoms with E-state index in [0.717, 1.165) is 0 Å². The van der Waals surface area contributed by atoms with Crippen LogP contribution in [0.3, 0.4) is 0 Å². The van der Waals surface area contributed by atoms with Crippen molar-refractivity contribution in [1.82, 2.24) is 10.2 Å². The smallest absolute Gasteiger partial charge is 0.308 e. The molecule has 0 aromatic rings. The Labute approximate surface area is 105 Å². The second-order valence-corrected chi connectivity index (χ2v) is 5.09.